The van der Waals surface area contributed by atoms with Gasteiger partial charge in [0.2, 0.25) is 0 Å². The van der Waals surface area contributed by atoms with Crippen molar-refractivity contribution in [1.82, 2.24) is 14.9 Å². The Balaban J connectivity index is 1.66. The Bertz CT molecular complexity index is 630. The van der Waals surface area contributed by atoms with Crippen LogP contribution in [0.25, 0.3) is 0 Å². The molecule has 0 bridgehead atoms. The highest BCUT2D eigenvalue weighted by Crippen LogP contribution is 2.25. The van der Waals surface area contributed by atoms with Gasteiger partial charge in [0.05, 0.1) is 13.2 Å². The number of hydrogen-bond acceptors (Lipinski definition) is 5. The molecule has 5 heteroatoms. The van der Waals surface area contributed by atoms with Crippen molar-refractivity contribution in [2.75, 3.05) is 38.7 Å². The van der Waals surface area contributed by atoms with E-state index in [4.69, 9.17) is 4.74 Å². The molecule has 0 radical (unpaired) electrons. The van der Waals surface area contributed by atoms with Crippen molar-refractivity contribution in [2.45, 2.75) is 19.6 Å². The minimum Gasteiger partial charge on any atom is -0.375 e. The maximum atomic E-state index is 5.80. The third-order valence-electron chi connectivity index (χ3n) is 4.14. The predicted molar refractivity (Wildman–Crippen MR) is 91.4 cm³/mol. The molecule has 1 aliphatic heterocycles. The van der Waals surface area contributed by atoms with E-state index in [9.17, 15) is 0 Å². The van der Waals surface area contributed by atoms with Crippen LogP contribution < -0.4 is 4.90 Å². The first kappa shape index (κ1) is 15.9. The van der Waals surface area contributed by atoms with E-state index in [0.29, 0.717) is 6.61 Å². The second kappa shape index (κ2) is 7.53. The third kappa shape index (κ3) is 4.06. The average Bonchev–Trinajstić information content (AvgIpc) is 2.59. The molecule has 2 aromatic heterocycles. The first-order valence-electron chi connectivity index (χ1n) is 8.07. The van der Waals surface area contributed by atoms with Gasteiger partial charge >= 0.3 is 0 Å². The summed E-state index contributed by atoms with van der Waals surface area (Å²) < 4.78 is 5.80. The molecule has 23 heavy (non-hydrogen) atoms. The lowest BCUT2D eigenvalue weighted by molar-refractivity contribution is 0.104. The number of likely N-dealkylation sites (N-methyl/N-ethyl adjacent to an activating group) is 1. The van der Waals surface area contributed by atoms with E-state index in [2.05, 4.69) is 39.9 Å². The van der Waals surface area contributed by atoms with Crippen molar-refractivity contribution >= 4 is 5.82 Å². The molecular formula is C18H24N4O. The van der Waals surface area contributed by atoms with Gasteiger partial charge in [-0.15, -0.1) is 0 Å². The smallest absolute Gasteiger partial charge is 0.128 e. The maximum absolute atomic E-state index is 5.80. The Kier molecular flexibility index (Phi) is 5.20. The first-order chi connectivity index (χ1) is 11.2. The lowest BCUT2D eigenvalue weighted by Gasteiger charge is -2.30. The summed E-state index contributed by atoms with van der Waals surface area (Å²) in [6.45, 7) is 4.18. The average molecular weight is 312 g/mol. The van der Waals surface area contributed by atoms with Crippen molar-refractivity contribution < 1.29 is 4.74 Å². The molecule has 3 heterocycles. The second-order valence-electron chi connectivity index (χ2n) is 6.15. The van der Waals surface area contributed by atoms with Gasteiger partial charge in [-0.2, -0.15) is 0 Å². The van der Waals surface area contributed by atoms with Gasteiger partial charge in [-0.05, 0) is 49.3 Å². The van der Waals surface area contributed by atoms with Gasteiger partial charge in [-0.25, -0.2) is 4.98 Å². The standard InChI is InChI=1S/C18H24N4O/c1-21(2)9-10-23-14-16-12-19-11-15-13-22(8-6-17(15)16)18-5-3-4-7-20-18/h3-5,7,11-12H,6,8-10,13-14H2,1-2H3. The molecule has 122 valence electrons. The van der Waals surface area contributed by atoms with Crippen LogP contribution in [0.15, 0.2) is 36.8 Å². The number of aromatic nitrogens is 2. The number of hydrogen-bond donors (Lipinski definition) is 0. The van der Waals surface area contributed by atoms with Crippen LogP contribution in [0, 0.1) is 0 Å². The van der Waals surface area contributed by atoms with Gasteiger partial charge in [-0.3, -0.25) is 4.98 Å². The highest BCUT2D eigenvalue weighted by atomic mass is 16.5. The number of pyridine rings is 2. The Hall–Kier alpha value is -1.98. The molecule has 0 N–H and O–H groups in total. The van der Waals surface area contributed by atoms with Crippen LogP contribution >= 0.6 is 0 Å². The number of nitrogens with zero attached hydrogens (tertiary/aromatic N) is 4. The lowest BCUT2D eigenvalue weighted by Crippen LogP contribution is -2.31. The van der Waals surface area contributed by atoms with Crippen LogP contribution in [-0.4, -0.2) is 48.7 Å². The highest BCUT2D eigenvalue weighted by Gasteiger charge is 2.20. The molecule has 0 spiro atoms. The quantitative estimate of drug-likeness (QED) is 0.764. The molecule has 0 aromatic carbocycles. The van der Waals surface area contributed by atoms with Gasteiger partial charge in [0.1, 0.15) is 5.82 Å². The van der Waals surface area contributed by atoms with Crippen LogP contribution in [0.2, 0.25) is 0 Å². The van der Waals surface area contributed by atoms with Gasteiger partial charge in [0, 0.05) is 38.2 Å². The van der Waals surface area contributed by atoms with Crippen LogP contribution in [0.5, 0.6) is 0 Å². The summed E-state index contributed by atoms with van der Waals surface area (Å²) in [5, 5.41) is 0. The molecule has 2 aromatic rings. The molecule has 1 aliphatic rings. The fraction of sp³-hybridized carbons (Fsp3) is 0.444. The zero-order chi connectivity index (χ0) is 16.1. The van der Waals surface area contributed by atoms with E-state index >= 15 is 0 Å². The fourth-order valence-corrected chi connectivity index (χ4v) is 2.86. The number of anilines is 1. The van der Waals surface area contributed by atoms with Crippen molar-refractivity contribution in [3.63, 3.8) is 0 Å². The van der Waals surface area contributed by atoms with Gasteiger partial charge in [0.15, 0.2) is 0 Å². The van der Waals surface area contributed by atoms with E-state index in [-0.39, 0.29) is 0 Å². The maximum Gasteiger partial charge on any atom is 0.128 e. The zero-order valence-corrected chi connectivity index (χ0v) is 13.9. The van der Waals surface area contributed by atoms with E-state index < -0.39 is 0 Å². The largest absolute Gasteiger partial charge is 0.375 e. The minimum atomic E-state index is 0.646. The van der Waals surface area contributed by atoms with Gasteiger partial charge in [0.25, 0.3) is 0 Å². The number of rotatable bonds is 6. The summed E-state index contributed by atoms with van der Waals surface area (Å²) >= 11 is 0. The summed E-state index contributed by atoms with van der Waals surface area (Å²) in [7, 11) is 4.11. The molecular weight excluding hydrogens is 288 g/mol. The molecule has 0 saturated carbocycles. The molecule has 0 aliphatic carbocycles. The lowest BCUT2D eigenvalue weighted by atomic mass is 9.97. The Labute approximate surface area is 137 Å². The summed E-state index contributed by atoms with van der Waals surface area (Å²) in [6, 6.07) is 6.05. The van der Waals surface area contributed by atoms with Crippen molar-refractivity contribution in [3.05, 3.63) is 53.5 Å². The Morgan fingerprint density at radius 1 is 1.26 bits per heavy atom. The van der Waals surface area contributed by atoms with Crippen LogP contribution in [0.3, 0.4) is 0 Å². The third-order valence-corrected chi connectivity index (χ3v) is 4.14. The van der Waals surface area contributed by atoms with Crippen LogP contribution in [-0.2, 0) is 24.3 Å². The molecule has 3 rings (SSSR count). The van der Waals surface area contributed by atoms with E-state index in [1.54, 1.807) is 0 Å². The molecule has 0 atom stereocenters. The van der Waals surface area contributed by atoms with E-state index in [1.807, 2.05) is 30.7 Å². The number of fused-ring (bicyclic) bond motifs is 1. The van der Waals surface area contributed by atoms with Crippen molar-refractivity contribution in [3.8, 4) is 0 Å². The van der Waals surface area contributed by atoms with Crippen LogP contribution in [0.1, 0.15) is 16.7 Å². The summed E-state index contributed by atoms with van der Waals surface area (Å²) in [5.74, 6) is 1.03. The van der Waals surface area contributed by atoms with Crippen LogP contribution in [0.4, 0.5) is 5.82 Å². The van der Waals surface area contributed by atoms with Crippen molar-refractivity contribution in [1.29, 1.82) is 0 Å². The van der Waals surface area contributed by atoms with Gasteiger partial charge < -0.3 is 14.5 Å². The Morgan fingerprint density at radius 2 is 2.17 bits per heavy atom. The number of ether oxygens (including phenoxy) is 1. The normalized spacial score (nSPS) is 14.1. The predicted octanol–water partition coefficient (Wildman–Crippen LogP) is 2.12. The molecule has 5 nitrogen and oxygen atoms in total. The fourth-order valence-electron chi connectivity index (χ4n) is 2.86. The molecule has 0 unspecified atom stereocenters. The SMILES string of the molecule is CN(C)CCOCc1cncc2c1CCN(c1ccccn1)C2. The summed E-state index contributed by atoms with van der Waals surface area (Å²) in [6.07, 6.45) is 6.79. The highest BCUT2D eigenvalue weighted by molar-refractivity contribution is 5.44. The Morgan fingerprint density at radius 3 is 2.96 bits per heavy atom. The van der Waals surface area contributed by atoms with Crippen molar-refractivity contribution in [2.24, 2.45) is 0 Å². The minimum absolute atomic E-state index is 0.646. The van der Waals surface area contributed by atoms with E-state index in [1.165, 1.54) is 16.7 Å². The second-order valence-corrected chi connectivity index (χ2v) is 6.15. The molecule has 0 fully saturated rings. The zero-order valence-electron chi connectivity index (χ0n) is 13.9. The monoisotopic (exact) mass is 312 g/mol. The van der Waals surface area contributed by atoms with Gasteiger partial charge in [-0.1, -0.05) is 6.07 Å². The molecule has 0 amide bonds. The summed E-state index contributed by atoms with van der Waals surface area (Å²) in [5.41, 5.74) is 3.91. The van der Waals surface area contributed by atoms with E-state index in [0.717, 1.165) is 38.5 Å². The molecule has 0 saturated heterocycles. The summed E-state index contributed by atoms with van der Waals surface area (Å²) in [4.78, 5) is 13.3. The first-order valence-corrected chi connectivity index (χ1v) is 8.07. The topological polar surface area (TPSA) is 41.5 Å².